The first-order valence-corrected chi connectivity index (χ1v) is 7.03. The Morgan fingerprint density at radius 2 is 1.84 bits per heavy atom. The molecule has 0 spiro atoms. The molecule has 1 aromatic rings. The Kier molecular flexibility index (Phi) is 5.19. The van der Waals surface area contributed by atoms with E-state index in [1.165, 1.54) is 18.9 Å². The summed E-state index contributed by atoms with van der Waals surface area (Å²) in [6, 6.07) is 6.54. The monoisotopic (exact) mass is 264 g/mol. The van der Waals surface area contributed by atoms with Crippen LogP contribution in [0.5, 0.6) is 0 Å². The lowest BCUT2D eigenvalue weighted by Gasteiger charge is -2.20. The molecule has 0 radical (unpaired) electrons. The maximum absolute atomic E-state index is 13.4. The second-order valence-corrected chi connectivity index (χ2v) is 4.95. The van der Waals surface area contributed by atoms with Gasteiger partial charge in [0.1, 0.15) is 5.82 Å². The van der Waals surface area contributed by atoms with Crippen molar-refractivity contribution in [3.05, 3.63) is 30.1 Å². The fourth-order valence-electron chi connectivity index (χ4n) is 2.39. The summed E-state index contributed by atoms with van der Waals surface area (Å²) < 4.78 is 13.4. The van der Waals surface area contributed by atoms with E-state index in [0.717, 1.165) is 25.9 Å². The molecule has 0 atom stereocenters. The molecule has 0 saturated carbocycles. The molecule has 0 bridgehead atoms. The van der Waals surface area contributed by atoms with Gasteiger partial charge in [-0.15, -0.1) is 0 Å². The van der Waals surface area contributed by atoms with Crippen LogP contribution in [0.4, 0.5) is 10.1 Å². The van der Waals surface area contributed by atoms with E-state index in [1.807, 2.05) is 4.90 Å². The third-order valence-electron chi connectivity index (χ3n) is 3.49. The van der Waals surface area contributed by atoms with E-state index in [-0.39, 0.29) is 11.7 Å². The fourth-order valence-corrected chi connectivity index (χ4v) is 2.39. The highest BCUT2D eigenvalue weighted by molar-refractivity contribution is 5.76. The lowest BCUT2D eigenvalue weighted by atomic mass is 10.2. The molecule has 19 heavy (non-hydrogen) atoms. The van der Waals surface area contributed by atoms with E-state index in [1.54, 1.807) is 18.2 Å². The van der Waals surface area contributed by atoms with Crippen molar-refractivity contribution < 1.29 is 9.18 Å². The number of carbonyl (C=O) groups excluding carboxylic acids is 1. The maximum atomic E-state index is 13.4. The van der Waals surface area contributed by atoms with Crippen LogP contribution < -0.4 is 5.32 Å². The zero-order valence-electron chi connectivity index (χ0n) is 11.2. The molecule has 1 fully saturated rings. The highest BCUT2D eigenvalue weighted by Crippen LogP contribution is 2.13. The molecule has 1 amide bonds. The van der Waals surface area contributed by atoms with Gasteiger partial charge in [0, 0.05) is 26.1 Å². The zero-order valence-corrected chi connectivity index (χ0v) is 11.2. The molecule has 1 aliphatic rings. The second kappa shape index (κ2) is 7.12. The molecule has 0 aromatic heterocycles. The molecule has 1 N–H and O–H groups in total. The van der Waals surface area contributed by atoms with Crippen molar-refractivity contribution in [3.63, 3.8) is 0 Å². The number of rotatable bonds is 4. The van der Waals surface area contributed by atoms with E-state index in [0.29, 0.717) is 18.7 Å². The van der Waals surface area contributed by atoms with Gasteiger partial charge in [0.2, 0.25) is 5.91 Å². The van der Waals surface area contributed by atoms with Gasteiger partial charge < -0.3 is 10.2 Å². The van der Waals surface area contributed by atoms with E-state index >= 15 is 0 Å². The van der Waals surface area contributed by atoms with Crippen LogP contribution in [0.2, 0.25) is 0 Å². The van der Waals surface area contributed by atoms with Crippen LogP contribution >= 0.6 is 0 Å². The molecule has 1 aliphatic heterocycles. The summed E-state index contributed by atoms with van der Waals surface area (Å²) in [5.41, 5.74) is 0.464. The van der Waals surface area contributed by atoms with Crippen molar-refractivity contribution >= 4 is 11.6 Å². The topological polar surface area (TPSA) is 32.3 Å². The number of halogens is 1. The number of benzene rings is 1. The number of nitrogens with zero attached hydrogens (tertiary/aromatic N) is 1. The van der Waals surface area contributed by atoms with Gasteiger partial charge >= 0.3 is 0 Å². The summed E-state index contributed by atoms with van der Waals surface area (Å²) in [6.07, 6.45) is 5.07. The van der Waals surface area contributed by atoms with Crippen LogP contribution in [0.3, 0.4) is 0 Å². The molecule has 3 nitrogen and oxygen atoms in total. The number of hydrogen-bond donors (Lipinski definition) is 1. The van der Waals surface area contributed by atoms with Crippen molar-refractivity contribution in [2.75, 3.05) is 25.0 Å². The van der Waals surface area contributed by atoms with Crippen LogP contribution in [-0.4, -0.2) is 30.4 Å². The molecule has 104 valence electrons. The van der Waals surface area contributed by atoms with Gasteiger partial charge in [0.15, 0.2) is 0 Å². The lowest BCUT2D eigenvalue weighted by Crippen LogP contribution is -2.32. The number of nitrogens with one attached hydrogen (secondary N) is 1. The van der Waals surface area contributed by atoms with Crippen molar-refractivity contribution in [3.8, 4) is 0 Å². The zero-order chi connectivity index (χ0) is 13.5. The van der Waals surface area contributed by atoms with E-state index < -0.39 is 0 Å². The summed E-state index contributed by atoms with van der Waals surface area (Å²) in [5.74, 6) is -0.101. The number of amides is 1. The van der Waals surface area contributed by atoms with Gasteiger partial charge in [-0.2, -0.15) is 0 Å². The van der Waals surface area contributed by atoms with Gasteiger partial charge in [-0.3, -0.25) is 4.79 Å². The SMILES string of the molecule is O=C(CCNc1ccccc1F)N1CCCCCC1. The fraction of sp³-hybridized carbons (Fsp3) is 0.533. The van der Waals surface area contributed by atoms with Crippen molar-refractivity contribution in [2.24, 2.45) is 0 Å². The van der Waals surface area contributed by atoms with Gasteiger partial charge in [-0.05, 0) is 25.0 Å². The Morgan fingerprint density at radius 1 is 1.16 bits per heavy atom. The number of hydrogen-bond acceptors (Lipinski definition) is 2. The van der Waals surface area contributed by atoms with Crippen LogP contribution in [0.25, 0.3) is 0 Å². The first-order valence-electron chi connectivity index (χ1n) is 7.03. The number of carbonyl (C=O) groups is 1. The largest absolute Gasteiger partial charge is 0.382 e. The quantitative estimate of drug-likeness (QED) is 0.906. The predicted molar refractivity (Wildman–Crippen MR) is 74.6 cm³/mol. The van der Waals surface area contributed by atoms with Gasteiger partial charge in [-0.1, -0.05) is 25.0 Å². The van der Waals surface area contributed by atoms with Crippen molar-refractivity contribution in [2.45, 2.75) is 32.1 Å². The Hall–Kier alpha value is -1.58. The molecule has 1 saturated heterocycles. The highest BCUT2D eigenvalue weighted by atomic mass is 19.1. The van der Waals surface area contributed by atoms with Gasteiger partial charge in [0.25, 0.3) is 0 Å². The van der Waals surface area contributed by atoms with Crippen molar-refractivity contribution in [1.82, 2.24) is 4.90 Å². The van der Waals surface area contributed by atoms with E-state index in [2.05, 4.69) is 5.32 Å². The average molecular weight is 264 g/mol. The Bertz CT molecular complexity index is 414. The smallest absolute Gasteiger partial charge is 0.224 e. The normalized spacial score (nSPS) is 15.9. The summed E-state index contributed by atoms with van der Waals surface area (Å²) in [4.78, 5) is 14.0. The highest BCUT2D eigenvalue weighted by Gasteiger charge is 2.14. The number of para-hydroxylation sites is 1. The lowest BCUT2D eigenvalue weighted by molar-refractivity contribution is -0.130. The minimum Gasteiger partial charge on any atom is -0.382 e. The summed E-state index contributed by atoms with van der Waals surface area (Å²) in [5, 5.41) is 2.98. The third-order valence-corrected chi connectivity index (χ3v) is 3.49. The van der Waals surface area contributed by atoms with E-state index in [9.17, 15) is 9.18 Å². The summed E-state index contributed by atoms with van der Waals surface area (Å²) in [6.45, 7) is 2.23. The minimum absolute atomic E-state index is 0.172. The van der Waals surface area contributed by atoms with Gasteiger partial charge in [0.05, 0.1) is 5.69 Å². The molecule has 0 aliphatic carbocycles. The van der Waals surface area contributed by atoms with Crippen LogP contribution in [0.1, 0.15) is 32.1 Å². The first kappa shape index (κ1) is 13.8. The minimum atomic E-state index is -0.273. The first-order chi connectivity index (χ1) is 9.27. The third kappa shape index (κ3) is 4.23. The summed E-state index contributed by atoms with van der Waals surface area (Å²) in [7, 11) is 0. The van der Waals surface area contributed by atoms with Crippen LogP contribution in [-0.2, 0) is 4.79 Å². The maximum Gasteiger partial charge on any atom is 0.224 e. The van der Waals surface area contributed by atoms with Crippen LogP contribution in [0.15, 0.2) is 24.3 Å². The predicted octanol–water partition coefficient (Wildman–Crippen LogP) is 3.03. The average Bonchev–Trinajstić information content (AvgIpc) is 2.70. The number of likely N-dealkylation sites (tertiary alicyclic amines) is 1. The number of anilines is 1. The standard InChI is InChI=1S/C15H21FN2O/c16-13-7-3-4-8-14(13)17-10-9-15(19)18-11-5-1-2-6-12-18/h3-4,7-8,17H,1-2,5-6,9-12H2. The molecule has 0 unspecified atom stereocenters. The Balaban J connectivity index is 1.76. The van der Waals surface area contributed by atoms with E-state index in [4.69, 9.17) is 0 Å². The molecular weight excluding hydrogens is 243 g/mol. The molecule has 2 rings (SSSR count). The molecule has 1 heterocycles. The molecule has 4 heteroatoms. The molecular formula is C15H21FN2O. The summed E-state index contributed by atoms with van der Waals surface area (Å²) >= 11 is 0. The Morgan fingerprint density at radius 3 is 2.53 bits per heavy atom. The van der Waals surface area contributed by atoms with Gasteiger partial charge in [-0.25, -0.2) is 4.39 Å². The Labute approximate surface area is 113 Å². The second-order valence-electron chi connectivity index (χ2n) is 4.95. The molecule has 1 aromatic carbocycles. The van der Waals surface area contributed by atoms with Crippen molar-refractivity contribution in [1.29, 1.82) is 0 Å². The van der Waals surface area contributed by atoms with Crippen LogP contribution in [0, 0.1) is 5.82 Å².